The smallest absolute Gasteiger partial charge is 0.265 e. The lowest BCUT2D eigenvalue weighted by Gasteiger charge is -2.08. The van der Waals surface area contributed by atoms with Gasteiger partial charge in [-0.3, -0.25) is 14.3 Å². The van der Waals surface area contributed by atoms with E-state index in [1.807, 2.05) is 0 Å². The van der Waals surface area contributed by atoms with E-state index in [1.165, 1.54) is 0 Å². The lowest BCUT2D eigenvalue weighted by Crippen LogP contribution is -2.04. The third-order valence-corrected chi connectivity index (χ3v) is 3.42. The molecule has 0 aliphatic carbocycles. The third kappa shape index (κ3) is 3.69. The molecule has 0 saturated carbocycles. The molecular weight excluding hydrogens is 329 g/mol. The van der Waals surface area contributed by atoms with Gasteiger partial charge in [0.25, 0.3) is 10.1 Å². The summed E-state index contributed by atoms with van der Waals surface area (Å²) in [5, 5.41) is 10.1. The first-order valence-electron chi connectivity index (χ1n) is 4.28. The summed E-state index contributed by atoms with van der Waals surface area (Å²) >= 11 is 17.2. The van der Waals surface area contributed by atoms with Gasteiger partial charge in [-0.05, 0) is 6.07 Å². The van der Waals surface area contributed by atoms with Crippen LogP contribution in [0.25, 0.3) is 0 Å². The summed E-state index contributed by atoms with van der Waals surface area (Å²) in [6.07, 6.45) is 0.832. The molecule has 0 spiro atoms. The predicted octanol–water partition coefficient (Wildman–Crippen LogP) is 3.03. The average molecular weight is 335 g/mol. The SMILES string of the molecule is CS(=O)(=O)OCc1c(Cl)cc(Cl)c([N+](=O)[O-])c1Cl. The van der Waals surface area contributed by atoms with Crippen LogP contribution in [0, 0.1) is 10.1 Å². The quantitative estimate of drug-likeness (QED) is 0.480. The molecule has 0 atom stereocenters. The number of hydrogen-bond acceptors (Lipinski definition) is 5. The molecule has 0 radical (unpaired) electrons. The van der Waals surface area contributed by atoms with Crippen LogP contribution in [-0.4, -0.2) is 19.6 Å². The second-order valence-corrected chi connectivity index (χ2v) is 6.04. The molecule has 1 rings (SSSR count). The number of rotatable bonds is 4. The zero-order valence-corrected chi connectivity index (χ0v) is 11.9. The van der Waals surface area contributed by atoms with E-state index in [0.717, 1.165) is 12.3 Å². The highest BCUT2D eigenvalue weighted by Crippen LogP contribution is 2.39. The minimum atomic E-state index is -3.72. The molecule has 1 aromatic carbocycles. The Labute approximate surface area is 118 Å². The fourth-order valence-electron chi connectivity index (χ4n) is 1.08. The molecule has 1 aromatic rings. The molecule has 0 N–H and O–H groups in total. The van der Waals surface area contributed by atoms with Crippen LogP contribution in [0.4, 0.5) is 5.69 Å². The topological polar surface area (TPSA) is 86.5 Å². The summed E-state index contributed by atoms with van der Waals surface area (Å²) in [7, 11) is -3.72. The fourth-order valence-corrected chi connectivity index (χ4v) is 2.43. The van der Waals surface area contributed by atoms with E-state index < -0.39 is 27.3 Å². The molecule has 0 heterocycles. The highest BCUT2D eigenvalue weighted by molar-refractivity contribution is 7.85. The molecule has 0 saturated heterocycles. The Morgan fingerprint density at radius 2 is 1.89 bits per heavy atom. The van der Waals surface area contributed by atoms with Crippen molar-refractivity contribution in [2.45, 2.75) is 6.61 Å². The van der Waals surface area contributed by atoms with Gasteiger partial charge in [0.05, 0.1) is 17.8 Å². The maximum absolute atomic E-state index is 10.8. The largest absolute Gasteiger partial charge is 0.306 e. The molecule has 6 nitrogen and oxygen atoms in total. The van der Waals surface area contributed by atoms with E-state index in [4.69, 9.17) is 34.8 Å². The normalized spacial score (nSPS) is 11.6. The first-order chi connectivity index (χ1) is 8.13. The van der Waals surface area contributed by atoms with Crippen molar-refractivity contribution in [1.29, 1.82) is 0 Å². The minimum Gasteiger partial charge on any atom is -0.265 e. The van der Waals surface area contributed by atoms with Crippen LogP contribution in [0.15, 0.2) is 6.07 Å². The van der Waals surface area contributed by atoms with E-state index >= 15 is 0 Å². The van der Waals surface area contributed by atoms with E-state index in [0.29, 0.717) is 0 Å². The molecule has 100 valence electrons. The van der Waals surface area contributed by atoms with Gasteiger partial charge >= 0.3 is 5.69 Å². The zero-order chi connectivity index (χ0) is 14.1. The van der Waals surface area contributed by atoms with Gasteiger partial charge in [0, 0.05) is 10.6 Å². The lowest BCUT2D eigenvalue weighted by molar-refractivity contribution is -0.384. The molecule has 0 aliphatic heterocycles. The van der Waals surface area contributed by atoms with Crippen molar-refractivity contribution in [1.82, 2.24) is 0 Å². The zero-order valence-electron chi connectivity index (χ0n) is 8.82. The van der Waals surface area contributed by atoms with Crippen LogP contribution in [0.1, 0.15) is 5.56 Å². The van der Waals surface area contributed by atoms with Crippen molar-refractivity contribution < 1.29 is 17.5 Å². The Bertz CT molecular complexity index is 601. The number of nitro benzene ring substituents is 1. The summed E-state index contributed by atoms with van der Waals surface area (Å²) in [5.74, 6) is 0. The van der Waals surface area contributed by atoms with Gasteiger partial charge in [-0.25, -0.2) is 0 Å². The Kier molecular flexibility index (Phi) is 4.79. The van der Waals surface area contributed by atoms with Gasteiger partial charge in [-0.1, -0.05) is 34.8 Å². The van der Waals surface area contributed by atoms with E-state index in [1.54, 1.807) is 0 Å². The number of halogens is 3. The van der Waals surface area contributed by atoms with Crippen LogP contribution < -0.4 is 0 Å². The summed E-state index contributed by atoms with van der Waals surface area (Å²) in [5.41, 5.74) is -0.560. The summed E-state index contributed by atoms with van der Waals surface area (Å²) in [4.78, 5) is 9.96. The molecule has 10 heteroatoms. The lowest BCUT2D eigenvalue weighted by atomic mass is 10.2. The van der Waals surface area contributed by atoms with Gasteiger partial charge in [0.15, 0.2) is 0 Å². The Hall–Kier alpha value is -0.600. The number of benzene rings is 1. The van der Waals surface area contributed by atoms with Crippen molar-refractivity contribution >= 4 is 50.6 Å². The molecule has 18 heavy (non-hydrogen) atoms. The van der Waals surface area contributed by atoms with E-state index in [2.05, 4.69) is 4.18 Å². The highest BCUT2D eigenvalue weighted by atomic mass is 35.5. The maximum atomic E-state index is 10.8. The molecule has 0 aliphatic rings. The molecular formula is C8H6Cl3NO5S. The maximum Gasteiger partial charge on any atom is 0.306 e. The van der Waals surface area contributed by atoms with Crippen LogP contribution in [0.5, 0.6) is 0 Å². The average Bonchev–Trinajstić information content (AvgIpc) is 2.13. The highest BCUT2D eigenvalue weighted by Gasteiger charge is 2.24. The molecule has 0 aromatic heterocycles. The minimum absolute atomic E-state index is 0.0140. The number of hydrogen-bond donors (Lipinski definition) is 0. The van der Waals surface area contributed by atoms with Gasteiger partial charge in [-0.2, -0.15) is 8.42 Å². The van der Waals surface area contributed by atoms with Crippen molar-refractivity contribution in [2.75, 3.05) is 6.26 Å². The van der Waals surface area contributed by atoms with Crippen LogP contribution >= 0.6 is 34.8 Å². The van der Waals surface area contributed by atoms with Gasteiger partial charge in [0.2, 0.25) is 0 Å². The third-order valence-electron chi connectivity index (χ3n) is 1.84. The number of nitro groups is 1. The summed E-state index contributed by atoms with van der Waals surface area (Å²) in [6.45, 7) is -0.505. The second-order valence-electron chi connectivity index (χ2n) is 3.20. The summed E-state index contributed by atoms with van der Waals surface area (Å²) in [6, 6.07) is 1.11. The first-order valence-corrected chi connectivity index (χ1v) is 7.23. The second kappa shape index (κ2) is 5.58. The van der Waals surface area contributed by atoms with Crippen molar-refractivity contribution in [2.24, 2.45) is 0 Å². The van der Waals surface area contributed by atoms with Crippen molar-refractivity contribution in [3.05, 3.63) is 36.8 Å². The molecule has 0 unspecified atom stereocenters. The number of nitrogens with zero attached hydrogens (tertiary/aromatic N) is 1. The van der Waals surface area contributed by atoms with Crippen LogP contribution in [0.3, 0.4) is 0 Å². The molecule has 0 fully saturated rings. The van der Waals surface area contributed by atoms with Crippen molar-refractivity contribution in [3.63, 3.8) is 0 Å². The summed E-state index contributed by atoms with van der Waals surface area (Å²) < 4.78 is 26.2. The molecule has 0 bridgehead atoms. The van der Waals surface area contributed by atoms with Gasteiger partial charge in [-0.15, -0.1) is 0 Å². The Balaban J connectivity index is 3.28. The van der Waals surface area contributed by atoms with Crippen LogP contribution in [0.2, 0.25) is 15.1 Å². The van der Waals surface area contributed by atoms with E-state index in [9.17, 15) is 18.5 Å². The van der Waals surface area contributed by atoms with Gasteiger partial charge in [0.1, 0.15) is 10.0 Å². The molecule has 0 amide bonds. The Morgan fingerprint density at radius 3 is 2.33 bits per heavy atom. The Morgan fingerprint density at radius 1 is 1.33 bits per heavy atom. The van der Waals surface area contributed by atoms with Crippen LogP contribution in [-0.2, 0) is 20.9 Å². The fraction of sp³-hybridized carbons (Fsp3) is 0.250. The van der Waals surface area contributed by atoms with Gasteiger partial charge < -0.3 is 0 Å². The van der Waals surface area contributed by atoms with E-state index in [-0.39, 0.29) is 20.6 Å². The first kappa shape index (κ1) is 15.5. The monoisotopic (exact) mass is 333 g/mol. The van der Waals surface area contributed by atoms with Crippen molar-refractivity contribution in [3.8, 4) is 0 Å². The standard InChI is InChI=1S/C8H6Cl3NO5S/c1-18(15,16)17-3-4-5(9)2-6(10)8(7(4)11)12(13)14/h2H,3H2,1H3. The predicted molar refractivity (Wildman–Crippen MR) is 67.8 cm³/mol.